The summed E-state index contributed by atoms with van der Waals surface area (Å²) in [7, 11) is 0. The van der Waals surface area contributed by atoms with Gasteiger partial charge in [-0.25, -0.2) is 9.50 Å². The standard InChI is InChI=1S/C23H22N4O2/c1-2-14-24-23(29)19-12-13-20-25-21(17-10-8-16(15-28)9-11-17)22(27(20)26-19)18-6-4-3-5-7-18/h3-13,28H,2,14-15H2,1H3,(H,24,29). The Morgan fingerprint density at radius 3 is 2.45 bits per heavy atom. The molecule has 146 valence electrons. The molecule has 0 radical (unpaired) electrons. The molecular formula is C23H22N4O2. The Labute approximate surface area is 168 Å². The molecule has 2 aromatic heterocycles. The number of imidazole rings is 1. The highest BCUT2D eigenvalue weighted by Gasteiger charge is 2.18. The van der Waals surface area contributed by atoms with Gasteiger partial charge < -0.3 is 10.4 Å². The van der Waals surface area contributed by atoms with E-state index in [4.69, 9.17) is 4.98 Å². The van der Waals surface area contributed by atoms with Crippen molar-refractivity contribution in [2.75, 3.05) is 6.54 Å². The van der Waals surface area contributed by atoms with E-state index in [-0.39, 0.29) is 12.5 Å². The van der Waals surface area contributed by atoms with Crippen LogP contribution in [0.2, 0.25) is 0 Å². The number of carbonyl (C=O) groups excluding carboxylic acids is 1. The van der Waals surface area contributed by atoms with Crippen LogP contribution in [0.5, 0.6) is 0 Å². The second-order valence-corrected chi connectivity index (χ2v) is 6.77. The van der Waals surface area contributed by atoms with Crippen LogP contribution < -0.4 is 5.32 Å². The molecule has 0 aliphatic rings. The molecule has 1 amide bonds. The number of aliphatic hydroxyl groups excluding tert-OH is 1. The molecule has 0 bridgehead atoms. The van der Waals surface area contributed by atoms with Crippen molar-refractivity contribution in [3.63, 3.8) is 0 Å². The fourth-order valence-electron chi connectivity index (χ4n) is 3.21. The summed E-state index contributed by atoms with van der Waals surface area (Å²) in [6, 6.07) is 21.0. The predicted octanol–water partition coefficient (Wildman–Crippen LogP) is 3.70. The van der Waals surface area contributed by atoms with Crippen molar-refractivity contribution >= 4 is 11.6 Å². The van der Waals surface area contributed by atoms with E-state index in [2.05, 4.69) is 10.4 Å². The van der Waals surface area contributed by atoms with E-state index >= 15 is 0 Å². The molecule has 0 spiro atoms. The zero-order valence-corrected chi connectivity index (χ0v) is 16.2. The maximum atomic E-state index is 12.4. The summed E-state index contributed by atoms with van der Waals surface area (Å²) in [6.45, 7) is 2.61. The lowest BCUT2D eigenvalue weighted by molar-refractivity contribution is 0.0947. The topological polar surface area (TPSA) is 79.5 Å². The van der Waals surface area contributed by atoms with Gasteiger partial charge in [0.2, 0.25) is 0 Å². The van der Waals surface area contributed by atoms with E-state index in [0.717, 1.165) is 34.5 Å². The largest absolute Gasteiger partial charge is 0.392 e. The molecule has 0 aliphatic carbocycles. The minimum absolute atomic E-state index is 0.00518. The number of nitrogens with one attached hydrogen (secondary N) is 1. The molecule has 0 saturated heterocycles. The molecule has 6 nitrogen and oxygen atoms in total. The monoisotopic (exact) mass is 386 g/mol. The molecule has 4 aromatic rings. The second-order valence-electron chi connectivity index (χ2n) is 6.77. The maximum Gasteiger partial charge on any atom is 0.271 e. The Bertz CT molecular complexity index is 1130. The number of rotatable bonds is 6. The minimum Gasteiger partial charge on any atom is -0.392 e. The van der Waals surface area contributed by atoms with E-state index in [0.29, 0.717) is 17.9 Å². The fourth-order valence-corrected chi connectivity index (χ4v) is 3.21. The van der Waals surface area contributed by atoms with Crippen molar-refractivity contribution in [2.24, 2.45) is 0 Å². The van der Waals surface area contributed by atoms with Crippen LogP contribution in [0.1, 0.15) is 29.4 Å². The maximum absolute atomic E-state index is 12.4. The molecule has 29 heavy (non-hydrogen) atoms. The summed E-state index contributed by atoms with van der Waals surface area (Å²) < 4.78 is 1.73. The van der Waals surface area contributed by atoms with Gasteiger partial charge in [0.05, 0.1) is 12.3 Å². The first-order valence-corrected chi connectivity index (χ1v) is 9.65. The van der Waals surface area contributed by atoms with Crippen LogP contribution in [0.25, 0.3) is 28.2 Å². The van der Waals surface area contributed by atoms with Crippen molar-refractivity contribution < 1.29 is 9.90 Å². The van der Waals surface area contributed by atoms with Crippen LogP contribution in [0, 0.1) is 0 Å². The highest BCUT2D eigenvalue weighted by molar-refractivity contribution is 5.92. The minimum atomic E-state index is -0.199. The van der Waals surface area contributed by atoms with Gasteiger partial charge in [-0.2, -0.15) is 5.10 Å². The first kappa shape index (κ1) is 18.8. The number of carbonyl (C=O) groups is 1. The van der Waals surface area contributed by atoms with Gasteiger partial charge >= 0.3 is 0 Å². The van der Waals surface area contributed by atoms with Gasteiger partial charge in [-0.3, -0.25) is 4.79 Å². The first-order valence-electron chi connectivity index (χ1n) is 9.65. The van der Waals surface area contributed by atoms with Crippen LogP contribution in [0.15, 0.2) is 66.7 Å². The van der Waals surface area contributed by atoms with E-state index in [1.54, 1.807) is 10.6 Å². The lowest BCUT2D eigenvalue weighted by Gasteiger charge is -2.07. The summed E-state index contributed by atoms with van der Waals surface area (Å²) in [5.41, 5.74) is 5.33. The third kappa shape index (κ3) is 3.75. The third-order valence-electron chi connectivity index (χ3n) is 4.70. The molecule has 0 fully saturated rings. The summed E-state index contributed by atoms with van der Waals surface area (Å²) in [5, 5.41) is 16.8. The van der Waals surface area contributed by atoms with E-state index in [1.807, 2.05) is 67.6 Å². The second kappa shape index (κ2) is 8.24. The molecule has 0 atom stereocenters. The lowest BCUT2D eigenvalue weighted by atomic mass is 10.0. The van der Waals surface area contributed by atoms with Crippen LogP contribution in [0.4, 0.5) is 0 Å². The third-order valence-corrected chi connectivity index (χ3v) is 4.70. The van der Waals surface area contributed by atoms with Crippen LogP contribution >= 0.6 is 0 Å². The number of hydrogen-bond donors (Lipinski definition) is 2. The van der Waals surface area contributed by atoms with Crippen LogP contribution in [0.3, 0.4) is 0 Å². The van der Waals surface area contributed by atoms with Crippen molar-refractivity contribution in [2.45, 2.75) is 20.0 Å². The van der Waals surface area contributed by atoms with Gasteiger partial charge in [0.1, 0.15) is 11.4 Å². The average molecular weight is 386 g/mol. The molecule has 2 aromatic carbocycles. The summed E-state index contributed by atoms with van der Waals surface area (Å²) >= 11 is 0. The zero-order valence-electron chi connectivity index (χ0n) is 16.2. The van der Waals surface area contributed by atoms with Crippen molar-refractivity contribution in [1.82, 2.24) is 19.9 Å². The zero-order chi connectivity index (χ0) is 20.2. The van der Waals surface area contributed by atoms with E-state index in [9.17, 15) is 9.90 Å². The van der Waals surface area contributed by atoms with Gasteiger partial charge in [-0.05, 0) is 24.1 Å². The predicted molar refractivity (Wildman–Crippen MR) is 112 cm³/mol. The summed E-state index contributed by atoms with van der Waals surface area (Å²) in [4.78, 5) is 17.2. The average Bonchev–Trinajstić information content (AvgIpc) is 3.16. The normalized spacial score (nSPS) is 11.0. The molecule has 2 heterocycles. The van der Waals surface area contributed by atoms with Gasteiger partial charge in [0.15, 0.2) is 5.65 Å². The van der Waals surface area contributed by atoms with Crippen molar-refractivity contribution in [3.05, 3.63) is 78.0 Å². The highest BCUT2D eigenvalue weighted by Crippen LogP contribution is 2.32. The number of benzene rings is 2. The number of nitrogens with zero attached hydrogens (tertiary/aromatic N) is 3. The first-order chi connectivity index (χ1) is 14.2. The van der Waals surface area contributed by atoms with E-state index in [1.165, 1.54) is 0 Å². The molecule has 6 heteroatoms. The number of aliphatic hydroxyl groups is 1. The van der Waals surface area contributed by atoms with Gasteiger partial charge in [-0.1, -0.05) is 61.5 Å². The fraction of sp³-hybridized carbons (Fsp3) is 0.174. The summed E-state index contributed by atoms with van der Waals surface area (Å²) in [5.74, 6) is -0.199. The van der Waals surface area contributed by atoms with Gasteiger partial charge in [0, 0.05) is 17.7 Å². The van der Waals surface area contributed by atoms with Gasteiger partial charge in [0.25, 0.3) is 5.91 Å². The molecule has 4 rings (SSSR count). The number of fused-ring (bicyclic) bond motifs is 1. The Kier molecular flexibility index (Phi) is 5.35. The van der Waals surface area contributed by atoms with Gasteiger partial charge in [-0.15, -0.1) is 0 Å². The van der Waals surface area contributed by atoms with Crippen molar-refractivity contribution in [3.8, 4) is 22.5 Å². The molecule has 2 N–H and O–H groups in total. The van der Waals surface area contributed by atoms with Crippen LogP contribution in [-0.4, -0.2) is 32.2 Å². The molecular weight excluding hydrogens is 364 g/mol. The quantitative estimate of drug-likeness (QED) is 0.530. The number of aromatic nitrogens is 3. The Hall–Kier alpha value is -3.51. The SMILES string of the molecule is CCCNC(=O)c1ccc2nc(-c3ccc(CO)cc3)c(-c3ccccc3)n2n1. The smallest absolute Gasteiger partial charge is 0.271 e. The number of amides is 1. The lowest BCUT2D eigenvalue weighted by Crippen LogP contribution is -2.25. The Morgan fingerprint density at radius 1 is 1.00 bits per heavy atom. The molecule has 0 aliphatic heterocycles. The highest BCUT2D eigenvalue weighted by atomic mass is 16.3. The van der Waals surface area contributed by atoms with Crippen molar-refractivity contribution in [1.29, 1.82) is 0 Å². The Morgan fingerprint density at radius 2 is 1.76 bits per heavy atom. The summed E-state index contributed by atoms with van der Waals surface area (Å²) in [6.07, 6.45) is 0.863. The van der Waals surface area contributed by atoms with Crippen LogP contribution in [-0.2, 0) is 6.61 Å². The number of hydrogen-bond acceptors (Lipinski definition) is 4. The molecule has 0 unspecified atom stereocenters. The molecule has 0 saturated carbocycles. The Balaban J connectivity index is 1.89. The van der Waals surface area contributed by atoms with E-state index < -0.39 is 0 Å².